The lowest BCUT2D eigenvalue weighted by Crippen LogP contribution is -2.29. The zero-order chi connectivity index (χ0) is 19.5. The first kappa shape index (κ1) is 17.8. The van der Waals surface area contributed by atoms with E-state index >= 15 is 0 Å². The predicted molar refractivity (Wildman–Crippen MR) is 109 cm³/mol. The van der Waals surface area contributed by atoms with E-state index in [4.69, 9.17) is 5.26 Å². The average molecular weight is 368 g/mol. The van der Waals surface area contributed by atoms with Gasteiger partial charge in [0.1, 0.15) is 0 Å². The Hall–Kier alpha value is -3.58. The lowest BCUT2D eigenvalue weighted by molar-refractivity contribution is 0.0697. The molecule has 0 saturated heterocycles. The van der Waals surface area contributed by atoms with Gasteiger partial charge in [0, 0.05) is 18.8 Å². The molecule has 28 heavy (non-hydrogen) atoms. The van der Waals surface area contributed by atoms with Crippen molar-refractivity contribution in [1.82, 2.24) is 0 Å². The molecule has 4 nitrogen and oxygen atoms in total. The quantitative estimate of drug-likeness (QED) is 0.713. The number of carbonyl (C=O) groups is 1. The van der Waals surface area contributed by atoms with Crippen molar-refractivity contribution in [2.24, 2.45) is 0 Å². The maximum atomic E-state index is 11.7. The van der Waals surface area contributed by atoms with Gasteiger partial charge < -0.3 is 10.0 Å². The third kappa shape index (κ3) is 3.35. The minimum Gasteiger partial charge on any atom is -0.478 e. The SMILES string of the molecule is N#Cc1ccc2c(c1)CCCN2Cc1ccccc1-c1ccccc1C(=O)O. The maximum absolute atomic E-state index is 11.7. The summed E-state index contributed by atoms with van der Waals surface area (Å²) in [5, 5.41) is 18.7. The number of fused-ring (bicyclic) bond motifs is 1. The highest BCUT2D eigenvalue weighted by Gasteiger charge is 2.20. The summed E-state index contributed by atoms with van der Waals surface area (Å²) in [6.45, 7) is 1.64. The fourth-order valence-electron chi connectivity index (χ4n) is 3.94. The molecular weight excluding hydrogens is 348 g/mol. The molecule has 1 aliphatic rings. The summed E-state index contributed by atoms with van der Waals surface area (Å²) in [6.07, 6.45) is 2.01. The number of nitrogens with zero attached hydrogens (tertiary/aromatic N) is 2. The molecule has 0 spiro atoms. The van der Waals surface area contributed by atoms with Crippen LogP contribution in [0.2, 0.25) is 0 Å². The van der Waals surface area contributed by atoms with Crippen LogP contribution in [0.3, 0.4) is 0 Å². The second kappa shape index (κ2) is 7.58. The van der Waals surface area contributed by atoms with Crippen LogP contribution in [0.1, 0.15) is 33.5 Å². The van der Waals surface area contributed by atoms with E-state index in [9.17, 15) is 9.90 Å². The van der Waals surface area contributed by atoms with Gasteiger partial charge in [-0.2, -0.15) is 5.26 Å². The minimum atomic E-state index is -0.919. The summed E-state index contributed by atoms with van der Waals surface area (Å²) in [5.41, 5.74) is 6.14. The number of rotatable bonds is 4. The van der Waals surface area contributed by atoms with E-state index in [-0.39, 0.29) is 0 Å². The average Bonchev–Trinajstić information content (AvgIpc) is 2.74. The van der Waals surface area contributed by atoms with Crippen LogP contribution in [0, 0.1) is 11.3 Å². The maximum Gasteiger partial charge on any atom is 0.336 e. The van der Waals surface area contributed by atoms with Crippen LogP contribution in [0.25, 0.3) is 11.1 Å². The lowest BCUT2D eigenvalue weighted by atomic mass is 9.94. The second-order valence-corrected chi connectivity index (χ2v) is 6.99. The third-order valence-corrected chi connectivity index (χ3v) is 5.25. The zero-order valence-electron chi connectivity index (χ0n) is 15.4. The van der Waals surface area contributed by atoms with Crippen LogP contribution in [0.4, 0.5) is 5.69 Å². The van der Waals surface area contributed by atoms with Crippen molar-refractivity contribution in [3.63, 3.8) is 0 Å². The molecule has 0 aliphatic carbocycles. The van der Waals surface area contributed by atoms with Crippen LogP contribution in [-0.4, -0.2) is 17.6 Å². The molecule has 1 aliphatic heterocycles. The van der Waals surface area contributed by atoms with Gasteiger partial charge in [0.25, 0.3) is 0 Å². The minimum absolute atomic E-state index is 0.313. The summed E-state index contributed by atoms with van der Waals surface area (Å²) < 4.78 is 0. The molecule has 4 heteroatoms. The first-order valence-corrected chi connectivity index (χ1v) is 9.36. The molecule has 0 saturated carbocycles. The van der Waals surface area contributed by atoms with Gasteiger partial charge in [-0.25, -0.2) is 4.79 Å². The highest BCUT2D eigenvalue weighted by atomic mass is 16.4. The normalized spacial score (nSPS) is 12.9. The first-order valence-electron chi connectivity index (χ1n) is 9.36. The number of aryl methyl sites for hydroxylation is 1. The van der Waals surface area contributed by atoms with E-state index in [1.807, 2.05) is 48.5 Å². The number of benzene rings is 3. The summed E-state index contributed by atoms with van der Waals surface area (Å²) in [4.78, 5) is 14.0. The van der Waals surface area contributed by atoms with E-state index in [1.165, 1.54) is 5.56 Å². The van der Waals surface area contributed by atoms with Crippen LogP contribution < -0.4 is 4.90 Å². The number of hydrogen-bond acceptors (Lipinski definition) is 3. The monoisotopic (exact) mass is 368 g/mol. The number of carboxylic acid groups (broad SMARTS) is 1. The van der Waals surface area contributed by atoms with Crippen molar-refractivity contribution in [3.8, 4) is 17.2 Å². The van der Waals surface area contributed by atoms with Crippen molar-refractivity contribution >= 4 is 11.7 Å². The Balaban J connectivity index is 1.73. The molecule has 0 aromatic heterocycles. The summed E-state index contributed by atoms with van der Waals surface area (Å²) in [5.74, 6) is -0.919. The molecule has 0 radical (unpaired) electrons. The van der Waals surface area contributed by atoms with Gasteiger partial charge in [0.05, 0.1) is 17.2 Å². The van der Waals surface area contributed by atoms with Gasteiger partial charge >= 0.3 is 5.97 Å². The number of hydrogen-bond donors (Lipinski definition) is 1. The lowest BCUT2D eigenvalue weighted by Gasteiger charge is -2.32. The van der Waals surface area contributed by atoms with Crippen LogP contribution >= 0.6 is 0 Å². The van der Waals surface area contributed by atoms with Gasteiger partial charge in [-0.05, 0) is 59.4 Å². The molecule has 1 N–H and O–H groups in total. The van der Waals surface area contributed by atoms with Gasteiger partial charge in [0.15, 0.2) is 0 Å². The van der Waals surface area contributed by atoms with E-state index in [0.717, 1.165) is 41.8 Å². The van der Waals surface area contributed by atoms with Crippen molar-refractivity contribution in [3.05, 3.63) is 89.0 Å². The van der Waals surface area contributed by atoms with Gasteiger partial charge in [-0.1, -0.05) is 42.5 Å². The van der Waals surface area contributed by atoms with Crippen molar-refractivity contribution in [1.29, 1.82) is 5.26 Å². The van der Waals surface area contributed by atoms with E-state index < -0.39 is 5.97 Å². The molecule has 0 fully saturated rings. The number of anilines is 1. The molecule has 4 rings (SSSR count). The highest BCUT2D eigenvalue weighted by molar-refractivity contribution is 5.96. The summed E-state index contributed by atoms with van der Waals surface area (Å²) in [6, 6.07) is 23.2. The second-order valence-electron chi connectivity index (χ2n) is 6.99. The van der Waals surface area contributed by atoms with Gasteiger partial charge in [-0.15, -0.1) is 0 Å². The Bertz CT molecular complexity index is 1080. The third-order valence-electron chi connectivity index (χ3n) is 5.25. The predicted octanol–water partition coefficient (Wildman–Crippen LogP) is 4.88. The fraction of sp³-hybridized carbons (Fsp3) is 0.167. The first-order chi connectivity index (χ1) is 13.7. The van der Waals surface area contributed by atoms with Crippen LogP contribution in [0.15, 0.2) is 66.7 Å². The fourth-order valence-corrected chi connectivity index (χ4v) is 3.94. The Kier molecular flexibility index (Phi) is 4.82. The molecule has 0 bridgehead atoms. The summed E-state index contributed by atoms with van der Waals surface area (Å²) >= 11 is 0. The van der Waals surface area contributed by atoms with Gasteiger partial charge in [0.2, 0.25) is 0 Å². The van der Waals surface area contributed by atoms with E-state index in [1.54, 1.807) is 12.1 Å². The molecule has 1 heterocycles. The zero-order valence-corrected chi connectivity index (χ0v) is 15.4. The van der Waals surface area contributed by atoms with Crippen molar-refractivity contribution in [2.75, 3.05) is 11.4 Å². The number of carboxylic acids is 1. The molecule has 0 atom stereocenters. The van der Waals surface area contributed by atoms with Gasteiger partial charge in [-0.3, -0.25) is 0 Å². The molecule has 0 unspecified atom stereocenters. The molecular formula is C24H20N2O2. The highest BCUT2D eigenvalue weighted by Crippen LogP contribution is 2.33. The Labute approximate surface area is 164 Å². The standard InChI is InChI=1S/C24H20N2O2/c25-15-17-11-12-23-18(14-17)7-5-13-26(23)16-19-6-1-2-8-20(19)21-9-3-4-10-22(21)24(27)28/h1-4,6,8-12,14H,5,7,13,16H2,(H,27,28). The molecule has 3 aromatic carbocycles. The Morgan fingerprint density at radius 1 is 1.04 bits per heavy atom. The van der Waals surface area contributed by atoms with Crippen LogP contribution in [0.5, 0.6) is 0 Å². The Morgan fingerprint density at radius 3 is 2.57 bits per heavy atom. The largest absolute Gasteiger partial charge is 0.478 e. The topological polar surface area (TPSA) is 64.3 Å². The smallest absolute Gasteiger partial charge is 0.336 e. The Morgan fingerprint density at radius 2 is 1.79 bits per heavy atom. The summed E-state index contributed by atoms with van der Waals surface area (Å²) in [7, 11) is 0. The van der Waals surface area contributed by atoms with Crippen molar-refractivity contribution in [2.45, 2.75) is 19.4 Å². The number of aromatic carboxylic acids is 1. The molecule has 138 valence electrons. The molecule has 3 aromatic rings. The van der Waals surface area contributed by atoms with Crippen LogP contribution in [-0.2, 0) is 13.0 Å². The van der Waals surface area contributed by atoms with E-state index in [0.29, 0.717) is 17.7 Å². The molecule has 0 amide bonds. The number of nitriles is 1. The van der Waals surface area contributed by atoms with E-state index in [2.05, 4.69) is 17.0 Å². The van der Waals surface area contributed by atoms with Crippen molar-refractivity contribution < 1.29 is 9.90 Å².